The number of rotatable bonds is 7. The molecule has 0 atom stereocenters. The second-order valence-electron chi connectivity index (χ2n) is 5.07. The van der Waals surface area contributed by atoms with E-state index in [1.165, 1.54) is 11.3 Å². The van der Waals surface area contributed by atoms with Crippen molar-refractivity contribution in [3.63, 3.8) is 0 Å². The van der Waals surface area contributed by atoms with Crippen molar-refractivity contribution in [1.82, 2.24) is 16.0 Å². The number of guanidine groups is 1. The number of carbonyl (C=O) groups excluding carboxylic acids is 1. The second kappa shape index (κ2) is 12.1. The smallest absolute Gasteiger partial charge is 0.261 e. The minimum atomic E-state index is -0.0183. The van der Waals surface area contributed by atoms with E-state index in [2.05, 4.69) is 20.9 Å². The van der Waals surface area contributed by atoms with E-state index >= 15 is 0 Å². The lowest BCUT2D eigenvalue weighted by molar-refractivity contribution is 0.0957. The summed E-state index contributed by atoms with van der Waals surface area (Å²) in [5.74, 6) is 0.713. The molecule has 0 aliphatic heterocycles. The van der Waals surface area contributed by atoms with E-state index in [0.717, 1.165) is 34.4 Å². The Morgan fingerprint density at radius 2 is 1.84 bits per heavy atom. The molecule has 1 aromatic heterocycles. The van der Waals surface area contributed by atoms with Gasteiger partial charge < -0.3 is 16.0 Å². The molecule has 136 valence electrons. The van der Waals surface area contributed by atoms with Crippen LogP contribution < -0.4 is 16.0 Å². The lowest BCUT2D eigenvalue weighted by atomic mass is 10.2. The van der Waals surface area contributed by atoms with Gasteiger partial charge in [0.25, 0.3) is 5.91 Å². The van der Waals surface area contributed by atoms with Crippen molar-refractivity contribution in [2.24, 2.45) is 4.99 Å². The lowest BCUT2D eigenvalue weighted by Gasteiger charge is -2.12. The predicted octanol–water partition coefficient (Wildman–Crippen LogP) is 3.50. The van der Waals surface area contributed by atoms with Crippen LogP contribution in [0.15, 0.2) is 46.8 Å². The number of benzene rings is 1. The van der Waals surface area contributed by atoms with Crippen molar-refractivity contribution < 1.29 is 4.79 Å². The first-order valence-electron chi connectivity index (χ1n) is 7.69. The zero-order chi connectivity index (χ0) is 17.2. The van der Waals surface area contributed by atoms with Gasteiger partial charge in [0, 0.05) is 31.7 Å². The number of hydrogen-bond acceptors (Lipinski definition) is 3. The third-order valence-electron chi connectivity index (χ3n) is 3.27. The standard InChI is InChI=1S/C17H21ClN4OS.HI/c1-19-17(22-12-13-5-7-14(18)8-6-13)21-10-3-9-20-16(23)15-4-2-11-24-15;/h2,4-8,11H,3,9-10,12H2,1H3,(H,20,23)(H2,19,21,22);1H. The highest BCUT2D eigenvalue weighted by Crippen LogP contribution is 2.09. The van der Waals surface area contributed by atoms with Gasteiger partial charge in [-0.15, -0.1) is 35.3 Å². The highest BCUT2D eigenvalue weighted by molar-refractivity contribution is 14.0. The van der Waals surface area contributed by atoms with Crippen LogP contribution in [0.4, 0.5) is 0 Å². The molecule has 3 N–H and O–H groups in total. The summed E-state index contributed by atoms with van der Waals surface area (Å²) in [4.78, 5) is 16.7. The number of halogens is 2. The molecule has 0 aliphatic carbocycles. The Kier molecular flexibility index (Phi) is 10.5. The fourth-order valence-corrected chi connectivity index (χ4v) is 2.77. The van der Waals surface area contributed by atoms with Gasteiger partial charge in [-0.3, -0.25) is 9.79 Å². The maximum atomic E-state index is 11.8. The first-order chi connectivity index (χ1) is 11.7. The quantitative estimate of drug-likeness (QED) is 0.240. The van der Waals surface area contributed by atoms with Crippen LogP contribution in [-0.2, 0) is 6.54 Å². The average Bonchev–Trinajstić information content (AvgIpc) is 3.13. The number of nitrogens with zero attached hydrogens (tertiary/aromatic N) is 1. The van der Waals surface area contributed by atoms with Gasteiger partial charge in [0.05, 0.1) is 4.88 Å². The molecule has 1 aromatic carbocycles. The molecule has 0 radical (unpaired) electrons. The highest BCUT2D eigenvalue weighted by Gasteiger charge is 2.04. The molecule has 1 amide bonds. The van der Waals surface area contributed by atoms with Gasteiger partial charge in [0.15, 0.2) is 5.96 Å². The third kappa shape index (κ3) is 8.06. The fraction of sp³-hybridized carbons (Fsp3) is 0.294. The van der Waals surface area contributed by atoms with E-state index in [0.29, 0.717) is 13.1 Å². The van der Waals surface area contributed by atoms with Gasteiger partial charge in [-0.05, 0) is 35.6 Å². The third-order valence-corrected chi connectivity index (χ3v) is 4.39. The van der Waals surface area contributed by atoms with E-state index in [9.17, 15) is 4.79 Å². The monoisotopic (exact) mass is 492 g/mol. The summed E-state index contributed by atoms with van der Waals surface area (Å²) < 4.78 is 0. The SMILES string of the molecule is CN=C(NCCCNC(=O)c1cccs1)NCc1ccc(Cl)cc1.I. The average molecular weight is 493 g/mol. The largest absolute Gasteiger partial charge is 0.356 e. The Bertz CT molecular complexity index is 662. The Hall–Kier alpha value is -1.32. The maximum absolute atomic E-state index is 11.8. The van der Waals surface area contributed by atoms with Crippen LogP contribution in [0.2, 0.25) is 5.02 Å². The zero-order valence-electron chi connectivity index (χ0n) is 13.9. The Balaban J connectivity index is 0.00000312. The van der Waals surface area contributed by atoms with E-state index in [1.54, 1.807) is 7.05 Å². The number of aliphatic imine (C=N–C) groups is 1. The normalized spacial score (nSPS) is 10.7. The van der Waals surface area contributed by atoms with Crippen LogP contribution in [0.3, 0.4) is 0 Å². The van der Waals surface area contributed by atoms with Crippen LogP contribution in [0.1, 0.15) is 21.7 Å². The molecule has 0 fully saturated rings. The summed E-state index contributed by atoms with van der Waals surface area (Å²) in [5, 5.41) is 12.0. The molecule has 0 unspecified atom stereocenters. The Morgan fingerprint density at radius 1 is 1.12 bits per heavy atom. The number of hydrogen-bond donors (Lipinski definition) is 3. The molecule has 8 heteroatoms. The molecule has 0 saturated heterocycles. The summed E-state index contributed by atoms with van der Waals surface area (Å²) in [6.45, 7) is 2.02. The second-order valence-corrected chi connectivity index (χ2v) is 6.45. The first-order valence-corrected chi connectivity index (χ1v) is 8.95. The zero-order valence-corrected chi connectivity index (χ0v) is 17.8. The fourth-order valence-electron chi connectivity index (χ4n) is 2.00. The Labute approximate surface area is 174 Å². The van der Waals surface area contributed by atoms with Crippen LogP contribution in [0, 0.1) is 0 Å². The van der Waals surface area contributed by atoms with Crippen LogP contribution >= 0.6 is 46.9 Å². The topological polar surface area (TPSA) is 65.5 Å². The van der Waals surface area contributed by atoms with Crippen LogP contribution in [-0.4, -0.2) is 32.0 Å². The minimum absolute atomic E-state index is 0. The Morgan fingerprint density at radius 3 is 2.48 bits per heavy atom. The summed E-state index contributed by atoms with van der Waals surface area (Å²) in [7, 11) is 1.73. The van der Waals surface area contributed by atoms with Gasteiger partial charge >= 0.3 is 0 Å². The van der Waals surface area contributed by atoms with Crippen LogP contribution in [0.25, 0.3) is 0 Å². The lowest BCUT2D eigenvalue weighted by Crippen LogP contribution is -2.38. The molecular formula is C17H22ClIN4OS. The van der Waals surface area contributed by atoms with Gasteiger partial charge in [-0.1, -0.05) is 29.8 Å². The molecule has 2 aromatic rings. The van der Waals surface area contributed by atoms with Crippen molar-refractivity contribution in [1.29, 1.82) is 0 Å². The molecule has 25 heavy (non-hydrogen) atoms. The van der Waals surface area contributed by atoms with Gasteiger partial charge in [-0.25, -0.2) is 0 Å². The predicted molar refractivity (Wildman–Crippen MR) is 116 cm³/mol. The number of carbonyl (C=O) groups is 1. The number of amides is 1. The van der Waals surface area contributed by atoms with Crippen molar-refractivity contribution in [3.05, 3.63) is 57.2 Å². The first kappa shape index (κ1) is 21.7. The van der Waals surface area contributed by atoms with Gasteiger partial charge in [-0.2, -0.15) is 0 Å². The van der Waals surface area contributed by atoms with E-state index in [1.807, 2.05) is 41.8 Å². The van der Waals surface area contributed by atoms with Crippen molar-refractivity contribution in [3.8, 4) is 0 Å². The molecule has 5 nitrogen and oxygen atoms in total. The molecule has 0 bridgehead atoms. The van der Waals surface area contributed by atoms with Gasteiger partial charge in [0.2, 0.25) is 0 Å². The van der Waals surface area contributed by atoms with E-state index in [-0.39, 0.29) is 29.9 Å². The number of thiophene rings is 1. The summed E-state index contributed by atoms with van der Waals surface area (Å²) in [6, 6.07) is 11.4. The number of nitrogens with one attached hydrogen (secondary N) is 3. The van der Waals surface area contributed by atoms with E-state index < -0.39 is 0 Å². The van der Waals surface area contributed by atoms with Crippen molar-refractivity contribution in [2.45, 2.75) is 13.0 Å². The maximum Gasteiger partial charge on any atom is 0.261 e. The molecule has 0 saturated carbocycles. The molecule has 0 spiro atoms. The summed E-state index contributed by atoms with van der Waals surface area (Å²) in [5.41, 5.74) is 1.13. The van der Waals surface area contributed by atoms with Gasteiger partial charge in [0.1, 0.15) is 0 Å². The van der Waals surface area contributed by atoms with Crippen molar-refractivity contribution >= 4 is 58.8 Å². The summed E-state index contributed by atoms with van der Waals surface area (Å²) >= 11 is 7.31. The van der Waals surface area contributed by atoms with E-state index in [4.69, 9.17) is 11.6 Å². The molecule has 0 aliphatic rings. The van der Waals surface area contributed by atoms with Crippen LogP contribution in [0.5, 0.6) is 0 Å². The van der Waals surface area contributed by atoms with Crippen molar-refractivity contribution in [2.75, 3.05) is 20.1 Å². The molecular weight excluding hydrogens is 471 g/mol. The molecule has 1 heterocycles. The summed E-state index contributed by atoms with van der Waals surface area (Å²) in [6.07, 6.45) is 0.818. The molecule has 2 rings (SSSR count). The highest BCUT2D eigenvalue weighted by atomic mass is 127. The minimum Gasteiger partial charge on any atom is -0.356 e.